The smallest absolute Gasteiger partial charge is 0.312 e. The number of halogens is 4. The van der Waals surface area contributed by atoms with Crippen molar-refractivity contribution in [1.29, 1.82) is 0 Å². The van der Waals surface area contributed by atoms with Gasteiger partial charge < -0.3 is 15.4 Å². The normalized spacial score (nSPS) is 12.2. The molecule has 0 aliphatic heterocycles. The number of nitro groups is 1. The van der Waals surface area contributed by atoms with Crippen molar-refractivity contribution in [1.82, 2.24) is 5.32 Å². The summed E-state index contributed by atoms with van der Waals surface area (Å²) in [6, 6.07) is 10.2. The molecule has 7 nitrogen and oxygen atoms in total. The van der Waals surface area contributed by atoms with Crippen LogP contribution in [0, 0.1) is 10.1 Å². The molecule has 2 rings (SSSR count). The Balaban J connectivity index is 2.25. The van der Waals surface area contributed by atoms with E-state index in [4.69, 9.17) is 51.1 Å². The first-order chi connectivity index (χ1) is 12.6. The molecule has 0 aliphatic rings. The lowest BCUT2D eigenvalue weighted by atomic mass is 10.2. The van der Waals surface area contributed by atoms with Crippen LogP contribution in [0.4, 0.5) is 11.4 Å². The number of nitrogens with zero attached hydrogens (tertiary/aromatic N) is 1. The Morgan fingerprint density at radius 2 is 1.81 bits per heavy atom. The van der Waals surface area contributed by atoms with E-state index in [0.29, 0.717) is 10.6 Å². The molecule has 0 bridgehead atoms. The molecule has 0 saturated heterocycles. The fourth-order valence-corrected chi connectivity index (χ4v) is 2.56. The second-order valence-corrected chi connectivity index (χ2v) is 8.05. The maximum absolute atomic E-state index is 12.4. The Labute approximate surface area is 174 Å². The zero-order valence-electron chi connectivity index (χ0n) is 13.7. The van der Waals surface area contributed by atoms with Gasteiger partial charge in [0.1, 0.15) is 6.17 Å². The Morgan fingerprint density at radius 1 is 1.19 bits per heavy atom. The number of benzene rings is 2. The number of rotatable bonds is 6. The SMILES string of the molecule is COc1ccc(NC(NC(=O)c2ccc(Cl)cc2)C(Cl)(Cl)Cl)cc1[N+](=O)[O-]. The van der Waals surface area contributed by atoms with Crippen molar-refractivity contribution in [3.63, 3.8) is 0 Å². The lowest BCUT2D eigenvalue weighted by Crippen LogP contribution is -2.49. The quantitative estimate of drug-likeness (QED) is 0.284. The number of carbonyl (C=O) groups is 1. The van der Waals surface area contributed by atoms with E-state index < -0.39 is 20.8 Å². The molecule has 2 aromatic carbocycles. The molecule has 1 atom stereocenters. The Hall–Kier alpha value is -1.93. The number of carbonyl (C=O) groups excluding carboxylic acids is 1. The molecule has 1 unspecified atom stereocenters. The predicted molar refractivity (Wildman–Crippen MR) is 106 cm³/mol. The van der Waals surface area contributed by atoms with Crippen molar-refractivity contribution in [2.45, 2.75) is 9.96 Å². The van der Waals surface area contributed by atoms with E-state index >= 15 is 0 Å². The highest BCUT2D eigenvalue weighted by Gasteiger charge is 2.34. The summed E-state index contributed by atoms with van der Waals surface area (Å²) in [6.45, 7) is 0. The number of hydrogen-bond donors (Lipinski definition) is 2. The van der Waals surface area contributed by atoms with Gasteiger partial charge in [0.15, 0.2) is 5.75 Å². The molecule has 2 N–H and O–H groups in total. The maximum atomic E-state index is 12.4. The number of methoxy groups -OCH3 is 1. The van der Waals surface area contributed by atoms with Gasteiger partial charge >= 0.3 is 5.69 Å². The monoisotopic (exact) mass is 451 g/mol. The summed E-state index contributed by atoms with van der Waals surface area (Å²) < 4.78 is 2.99. The summed E-state index contributed by atoms with van der Waals surface area (Å²) in [5.41, 5.74) is 0.256. The first-order valence-electron chi connectivity index (χ1n) is 7.34. The minimum absolute atomic E-state index is 0.0705. The predicted octanol–water partition coefficient (Wildman–Crippen LogP) is 4.80. The Morgan fingerprint density at radius 3 is 2.33 bits per heavy atom. The van der Waals surface area contributed by atoms with Gasteiger partial charge in [-0.25, -0.2) is 0 Å². The van der Waals surface area contributed by atoms with Crippen LogP contribution in [0.1, 0.15) is 10.4 Å². The summed E-state index contributed by atoms with van der Waals surface area (Å²) >= 11 is 23.6. The molecule has 0 heterocycles. The number of nitro benzene ring substituents is 1. The van der Waals surface area contributed by atoms with Gasteiger partial charge in [0.05, 0.1) is 12.0 Å². The van der Waals surface area contributed by atoms with E-state index in [1.807, 2.05) is 0 Å². The molecule has 0 fully saturated rings. The van der Waals surface area contributed by atoms with Crippen LogP contribution in [0.2, 0.25) is 5.02 Å². The fraction of sp³-hybridized carbons (Fsp3) is 0.188. The van der Waals surface area contributed by atoms with Crippen LogP contribution in [0.5, 0.6) is 5.75 Å². The van der Waals surface area contributed by atoms with Crippen LogP contribution in [0.15, 0.2) is 42.5 Å². The fourth-order valence-electron chi connectivity index (χ4n) is 2.10. The highest BCUT2D eigenvalue weighted by molar-refractivity contribution is 6.68. The highest BCUT2D eigenvalue weighted by atomic mass is 35.6. The molecular formula is C16H13Cl4N3O4. The molecule has 144 valence electrons. The lowest BCUT2D eigenvalue weighted by molar-refractivity contribution is -0.385. The van der Waals surface area contributed by atoms with E-state index in [-0.39, 0.29) is 17.1 Å². The van der Waals surface area contributed by atoms with Crippen LogP contribution in [0.3, 0.4) is 0 Å². The first kappa shape index (κ1) is 21.4. The van der Waals surface area contributed by atoms with Gasteiger partial charge in [-0.3, -0.25) is 14.9 Å². The number of hydrogen-bond acceptors (Lipinski definition) is 5. The van der Waals surface area contributed by atoms with Crippen molar-refractivity contribution in [3.8, 4) is 5.75 Å². The van der Waals surface area contributed by atoms with E-state index in [0.717, 1.165) is 0 Å². The van der Waals surface area contributed by atoms with Crippen LogP contribution in [-0.2, 0) is 0 Å². The molecule has 0 aliphatic carbocycles. The zero-order valence-corrected chi connectivity index (χ0v) is 16.7. The van der Waals surface area contributed by atoms with Crippen LogP contribution in [-0.4, -0.2) is 27.9 Å². The van der Waals surface area contributed by atoms with E-state index in [1.54, 1.807) is 12.1 Å². The minimum Gasteiger partial charge on any atom is -0.490 e. The third-order valence-corrected chi connectivity index (χ3v) is 4.30. The molecule has 0 aromatic heterocycles. The summed E-state index contributed by atoms with van der Waals surface area (Å²) in [5, 5.41) is 16.9. The standard InChI is InChI=1S/C16H13Cl4N3O4/c1-27-13-7-6-11(8-12(13)23(25)26)21-15(16(18,19)20)22-14(24)9-2-4-10(17)5-3-9/h2-8,15,21H,1H3,(H,22,24). The van der Waals surface area contributed by atoms with Gasteiger partial charge in [0, 0.05) is 22.3 Å². The highest BCUT2D eigenvalue weighted by Crippen LogP contribution is 2.34. The first-order valence-corrected chi connectivity index (χ1v) is 8.85. The van der Waals surface area contributed by atoms with Crippen molar-refractivity contribution in [2.75, 3.05) is 12.4 Å². The molecule has 0 saturated carbocycles. The molecule has 0 radical (unpaired) electrons. The number of alkyl halides is 3. The van der Waals surface area contributed by atoms with Crippen molar-refractivity contribution in [3.05, 3.63) is 63.2 Å². The topological polar surface area (TPSA) is 93.5 Å². The number of amides is 1. The average molecular weight is 453 g/mol. The van der Waals surface area contributed by atoms with Crippen molar-refractivity contribution >= 4 is 63.7 Å². The molecule has 27 heavy (non-hydrogen) atoms. The average Bonchev–Trinajstić information content (AvgIpc) is 2.60. The Kier molecular flexibility index (Phi) is 7.00. The van der Waals surface area contributed by atoms with Crippen LogP contribution in [0.25, 0.3) is 0 Å². The van der Waals surface area contributed by atoms with Crippen molar-refractivity contribution < 1.29 is 14.5 Å². The molecule has 0 spiro atoms. The summed E-state index contributed by atoms with van der Waals surface area (Å²) in [5.74, 6) is -0.459. The van der Waals surface area contributed by atoms with Gasteiger partial charge in [-0.1, -0.05) is 46.4 Å². The van der Waals surface area contributed by atoms with Gasteiger partial charge in [-0.05, 0) is 36.4 Å². The van der Waals surface area contributed by atoms with Gasteiger partial charge in [0.25, 0.3) is 5.91 Å². The molecular weight excluding hydrogens is 440 g/mol. The van der Waals surface area contributed by atoms with E-state index in [2.05, 4.69) is 10.6 Å². The molecule has 1 amide bonds. The van der Waals surface area contributed by atoms with Crippen molar-refractivity contribution in [2.24, 2.45) is 0 Å². The van der Waals surface area contributed by atoms with Gasteiger partial charge in [-0.2, -0.15) is 0 Å². The maximum Gasteiger partial charge on any atom is 0.312 e. The molecule has 11 heteroatoms. The van der Waals surface area contributed by atoms with E-state index in [1.165, 1.54) is 37.4 Å². The van der Waals surface area contributed by atoms with Crippen LogP contribution >= 0.6 is 46.4 Å². The lowest BCUT2D eigenvalue weighted by Gasteiger charge is -2.27. The van der Waals surface area contributed by atoms with Gasteiger partial charge in [0.2, 0.25) is 3.79 Å². The summed E-state index contributed by atoms with van der Waals surface area (Å²) in [4.78, 5) is 22.9. The second kappa shape index (κ2) is 8.84. The van der Waals surface area contributed by atoms with E-state index in [9.17, 15) is 14.9 Å². The number of anilines is 1. The number of ether oxygens (including phenoxy) is 1. The largest absolute Gasteiger partial charge is 0.490 e. The summed E-state index contributed by atoms with van der Waals surface area (Å²) in [6.07, 6.45) is -1.18. The minimum atomic E-state index is -1.95. The number of nitrogens with one attached hydrogen (secondary N) is 2. The van der Waals surface area contributed by atoms with Gasteiger partial charge in [-0.15, -0.1) is 0 Å². The molecule has 2 aromatic rings. The van der Waals surface area contributed by atoms with Crippen LogP contribution < -0.4 is 15.4 Å². The zero-order chi connectivity index (χ0) is 20.2. The third-order valence-electron chi connectivity index (χ3n) is 3.40. The third kappa shape index (κ3) is 5.77. The Bertz CT molecular complexity index is 841. The second-order valence-electron chi connectivity index (χ2n) is 5.24. The summed E-state index contributed by atoms with van der Waals surface area (Å²) in [7, 11) is 1.31.